The van der Waals surface area contributed by atoms with Crippen LogP contribution in [0.15, 0.2) is 71.3 Å². The molecule has 0 spiro atoms. The van der Waals surface area contributed by atoms with Gasteiger partial charge in [0.05, 0.1) is 16.1 Å². The largest absolute Gasteiger partial charge is 0.373 e. The van der Waals surface area contributed by atoms with Crippen LogP contribution in [0, 0.1) is 22.7 Å². The van der Waals surface area contributed by atoms with Crippen LogP contribution in [0.1, 0.15) is 5.56 Å². The Morgan fingerprint density at radius 2 is 1.60 bits per heavy atom. The first-order valence-corrected chi connectivity index (χ1v) is 10.6. The summed E-state index contributed by atoms with van der Waals surface area (Å²) in [5, 5.41) is 21.1. The third-order valence-electron chi connectivity index (χ3n) is 4.63. The number of hydrogen-bond donors (Lipinski definition) is 1. The van der Waals surface area contributed by atoms with Crippen molar-refractivity contribution in [1.29, 1.82) is 10.5 Å². The van der Waals surface area contributed by atoms with Crippen LogP contribution in [0.5, 0.6) is 0 Å². The summed E-state index contributed by atoms with van der Waals surface area (Å²) >= 11 is 0. The van der Waals surface area contributed by atoms with E-state index in [4.69, 9.17) is 5.26 Å². The summed E-state index contributed by atoms with van der Waals surface area (Å²) < 4.78 is 26.8. The molecule has 1 aliphatic rings. The summed E-state index contributed by atoms with van der Waals surface area (Å²) in [6.45, 7) is 1.18. The monoisotopic (exact) mass is 421 g/mol. The van der Waals surface area contributed by atoms with E-state index in [0.717, 1.165) is 0 Å². The number of sulfonamides is 1. The van der Waals surface area contributed by atoms with Crippen molar-refractivity contribution in [2.45, 2.75) is 4.90 Å². The lowest BCUT2D eigenvalue weighted by Gasteiger charge is -2.33. The van der Waals surface area contributed by atoms with Crippen molar-refractivity contribution in [1.82, 2.24) is 9.21 Å². The molecule has 0 saturated carbocycles. The molecule has 30 heavy (non-hydrogen) atoms. The Morgan fingerprint density at radius 1 is 0.967 bits per heavy atom. The molecular weight excluding hydrogens is 402 g/mol. The number of rotatable bonds is 5. The first kappa shape index (κ1) is 21.1. The maximum absolute atomic E-state index is 12.7. The molecule has 2 aromatic carbocycles. The summed E-state index contributed by atoms with van der Waals surface area (Å²) in [4.78, 5) is 14.4. The molecule has 1 amide bonds. The molecule has 0 atom stereocenters. The van der Waals surface area contributed by atoms with Crippen molar-refractivity contribution in [3.8, 4) is 12.1 Å². The Bertz CT molecular complexity index is 1140. The van der Waals surface area contributed by atoms with Gasteiger partial charge in [-0.15, -0.1) is 0 Å². The number of carbonyl (C=O) groups excluding carboxylic acids is 1. The van der Waals surface area contributed by atoms with Gasteiger partial charge in [-0.3, -0.25) is 4.79 Å². The predicted octanol–water partition coefficient (Wildman–Crippen LogP) is 1.91. The van der Waals surface area contributed by atoms with Crippen LogP contribution in [-0.4, -0.2) is 49.7 Å². The summed E-state index contributed by atoms with van der Waals surface area (Å²) in [7, 11) is -3.57. The smallest absolute Gasteiger partial charge is 0.267 e. The van der Waals surface area contributed by atoms with E-state index in [1.807, 2.05) is 12.1 Å². The number of para-hydroxylation sites is 1. The molecule has 0 bridgehead atoms. The van der Waals surface area contributed by atoms with Crippen molar-refractivity contribution in [2.24, 2.45) is 0 Å². The van der Waals surface area contributed by atoms with Gasteiger partial charge in [0.2, 0.25) is 10.0 Å². The van der Waals surface area contributed by atoms with E-state index >= 15 is 0 Å². The van der Waals surface area contributed by atoms with Crippen molar-refractivity contribution >= 4 is 21.6 Å². The first-order valence-electron chi connectivity index (χ1n) is 9.17. The maximum Gasteiger partial charge on any atom is 0.267 e. The van der Waals surface area contributed by atoms with E-state index in [-0.39, 0.29) is 23.6 Å². The van der Waals surface area contributed by atoms with Crippen LogP contribution in [0.2, 0.25) is 0 Å². The number of anilines is 1. The number of benzene rings is 2. The molecule has 152 valence electrons. The highest BCUT2D eigenvalue weighted by atomic mass is 32.2. The summed E-state index contributed by atoms with van der Waals surface area (Å²) in [6, 6.07) is 18.6. The van der Waals surface area contributed by atoms with E-state index < -0.39 is 15.9 Å². The highest BCUT2D eigenvalue weighted by Crippen LogP contribution is 2.18. The summed E-state index contributed by atoms with van der Waals surface area (Å²) in [6.07, 6.45) is 1.43. The molecule has 1 saturated heterocycles. The average molecular weight is 421 g/mol. The Hall–Kier alpha value is -3.66. The molecule has 1 fully saturated rings. The van der Waals surface area contributed by atoms with Gasteiger partial charge in [0.15, 0.2) is 0 Å². The number of hydrogen-bond acceptors (Lipinski definition) is 6. The fourth-order valence-electron chi connectivity index (χ4n) is 3.01. The second-order valence-electron chi connectivity index (χ2n) is 6.52. The van der Waals surface area contributed by atoms with Crippen molar-refractivity contribution in [2.75, 3.05) is 31.5 Å². The minimum absolute atomic E-state index is 0.123. The van der Waals surface area contributed by atoms with Gasteiger partial charge in [0.1, 0.15) is 17.7 Å². The molecule has 3 rings (SSSR count). The number of amides is 1. The lowest BCUT2D eigenvalue weighted by molar-refractivity contribution is -0.112. The molecule has 0 aliphatic carbocycles. The second kappa shape index (κ2) is 9.23. The lowest BCUT2D eigenvalue weighted by atomic mass is 10.2. The fraction of sp³-hybridized carbons (Fsp3) is 0.190. The van der Waals surface area contributed by atoms with Gasteiger partial charge in [-0.25, -0.2) is 8.42 Å². The van der Waals surface area contributed by atoms with Gasteiger partial charge in [-0.1, -0.05) is 30.3 Å². The molecule has 1 N–H and O–H groups in total. The predicted molar refractivity (Wildman–Crippen MR) is 110 cm³/mol. The van der Waals surface area contributed by atoms with Gasteiger partial charge in [0, 0.05) is 32.4 Å². The standard InChI is InChI=1S/C21H19N5O3S/c22-14-17-6-4-5-9-20(17)24-21(27)18(15-23)16-25-10-12-26(13-11-25)30(28,29)19-7-2-1-3-8-19/h1-9,16H,10-13H2,(H,24,27)/b18-16-. The zero-order valence-electron chi connectivity index (χ0n) is 16.0. The third kappa shape index (κ3) is 4.66. The molecule has 2 aromatic rings. The van der Waals surface area contributed by atoms with E-state index in [1.54, 1.807) is 59.5 Å². The van der Waals surface area contributed by atoms with Crippen LogP contribution >= 0.6 is 0 Å². The topological polar surface area (TPSA) is 117 Å². The van der Waals surface area contributed by atoms with E-state index in [2.05, 4.69) is 5.32 Å². The average Bonchev–Trinajstić information content (AvgIpc) is 2.78. The van der Waals surface area contributed by atoms with Crippen LogP contribution in [0.25, 0.3) is 0 Å². The van der Waals surface area contributed by atoms with Gasteiger partial charge < -0.3 is 10.2 Å². The Balaban J connectivity index is 1.66. The Labute approximate surface area is 175 Å². The van der Waals surface area contributed by atoms with Gasteiger partial charge >= 0.3 is 0 Å². The number of carbonyl (C=O) groups is 1. The molecule has 1 aliphatic heterocycles. The van der Waals surface area contributed by atoms with E-state index in [1.165, 1.54) is 10.5 Å². The minimum atomic E-state index is -3.57. The Morgan fingerprint density at radius 3 is 2.23 bits per heavy atom. The molecule has 0 aromatic heterocycles. The molecule has 0 radical (unpaired) electrons. The van der Waals surface area contributed by atoms with Gasteiger partial charge in [-0.2, -0.15) is 14.8 Å². The minimum Gasteiger partial charge on any atom is -0.373 e. The molecule has 1 heterocycles. The van der Waals surface area contributed by atoms with Gasteiger partial charge in [-0.05, 0) is 24.3 Å². The van der Waals surface area contributed by atoms with E-state index in [0.29, 0.717) is 24.3 Å². The van der Waals surface area contributed by atoms with Gasteiger partial charge in [0.25, 0.3) is 5.91 Å². The molecule has 8 nitrogen and oxygen atoms in total. The third-order valence-corrected chi connectivity index (χ3v) is 6.54. The molecule has 0 unspecified atom stereocenters. The number of nitrogens with zero attached hydrogens (tertiary/aromatic N) is 4. The highest BCUT2D eigenvalue weighted by Gasteiger charge is 2.28. The SMILES string of the molecule is N#C/C(=C/N1CCN(S(=O)(=O)c2ccccc2)CC1)C(=O)Nc1ccccc1C#N. The highest BCUT2D eigenvalue weighted by molar-refractivity contribution is 7.89. The summed E-state index contributed by atoms with van der Waals surface area (Å²) in [5.74, 6) is -0.625. The first-order chi connectivity index (χ1) is 14.5. The number of nitrogens with one attached hydrogen (secondary N) is 1. The second-order valence-corrected chi connectivity index (χ2v) is 8.46. The van der Waals surface area contributed by atoms with Crippen molar-refractivity contribution < 1.29 is 13.2 Å². The van der Waals surface area contributed by atoms with Crippen LogP contribution < -0.4 is 5.32 Å². The zero-order chi connectivity index (χ0) is 21.6. The lowest BCUT2D eigenvalue weighted by Crippen LogP contribution is -2.46. The van der Waals surface area contributed by atoms with Crippen molar-refractivity contribution in [3.05, 3.63) is 71.9 Å². The van der Waals surface area contributed by atoms with Crippen LogP contribution in [0.3, 0.4) is 0 Å². The molecular formula is C21H19N5O3S. The normalized spacial score (nSPS) is 15.1. The quantitative estimate of drug-likeness (QED) is 0.582. The molecule has 9 heteroatoms. The number of piperazine rings is 1. The number of nitriles is 2. The van der Waals surface area contributed by atoms with E-state index in [9.17, 15) is 18.5 Å². The van der Waals surface area contributed by atoms with Crippen molar-refractivity contribution in [3.63, 3.8) is 0 Å². The van der Waals surface area contributed by atoms with Crippen LogP contribution in [-0.2, 0) is 14.8 Å². The fourth-order valence-corrected chi connectivity index (χ4v) is 4.46. The summed E-state index contributed by atoms with van der Waals surface area (Å²) in [5.41, 5.74) is 0.495. The Kier molecular flexibility index (Phi) is 6.48. The van der Waals surface area contributed by atoms with Crippen LogP contribution in [0.4, 0.5) is 5.69 Å². The maximum atomic E-state index is 12.7. The zero-order valence-corrected chi connectivity index (χ0v) is 16.8.